The number of nitrogens with one attached hydrogen (secondary N) is 1. The Labute approximate surface area is 363 Å². The summed E-state index contributed by atoms with van der Waals surface area (Å²) in [6.07, 6.45) is -4.43. The van der Waals surface area contributed by atoms with E-state index in [1.165, 1.54) is 6.20 Å². The number of ether oxygens (including phenoxy) is 4. The van der Waals surface area contributed by atoms with Gasteiger partial charge in [0.05, 0.1) is 39.9 Å². The van der Waals surface area contributed by atoms with Crippen LogP contribution >= 0.6 is 8.53 Å². The summed E-state index contributed by atoms with van der Waals surface area (Å²) in [5.41, 5.74) is 0.467. The molecule has 0 radical (unpaired) electrons. The number of rotatable bonds is 19. The van der Waals surface area contributed by atoms with Crippen molar-refractivity contribution < 1.29 is 37.2 Å². The van der Waals surface area contributed by atoms with Crippen LogP contribution in [0.1, 0.15) is 73.0 Å². The lowest BCUT2D eigenvalue weighted by atomic mass is 9.79. The lowest BCUT2D eigenvalue weighted by Gasteiger charge is -2.40. The number of aromatic nitrogens is 2. The van der Waals surface area contributed by atoms with Crippen molar-refractivity contribution in [2.24, 2.45) is 0 Å². The predicted octanol–water partition coefficient (Wildman–Crippen LogP) is 8.73. The molecule has 1 aliphatic heterocycles. The van der Waals surface area contributed by atoms with Crippen molar-refractivity contribution in [1.29, 1.82) is 5.26 Å². The van der Waals surface area contributed by atoms with E-state index in [0.717, 1.165) is 4.57 Å². The van der Waals surface area contributed by atoms with Crippen molar-refractivity contribution in [3.05, 3.63) is 154 Å². The fraction of sp³-hybridized carbons (Fsp3) is 0.362. The Kier molecular flexibility index (Phi) is 15.6. The quantitative estimate of drug-likeness (QED) is 0.0483. The SMILES string of the molecule is COc1ccc(C(O[C@H]2[C@H](F)[C@H](n3cc(C)c(NC(=O)c4ccccc4)nc3=O)O[C@@H]2COP(OCCC#N)N(C(C)C)C(C)C)(c2ccccc2)c2ccc(OC)cc2)cc1. The third-order valence-corrected chi connectivity index (χ3v) is 12.5. The number of nitrogens with zero attached hydrogens (tertiary/aromatic N) is 4. The number of aryl methyl sites for hydroxylation is 1. The average molecular weight is 866 g/mol. The van der Waals surface area contributed by atoms with E-state index in [2.05, 4.69) is 21.0 Å². The standard InChI is InChI=1S/C47H53FN5O8P/c1-31(2)53(32(3)4)62(58-28-14-27-49)59-30-40-42(41(48)45(60-40)52-29-33(5)43(51-46(52)55)50-44(54)34-15-10-8-11-16-34)61-47(35-17-12-9-13-18-35,36-19-23-38(56-6)24-20-36)37-21-25-39(57-7)26-22-37/h8-13,15-26,29,31-32,40-42,45H,14,28,30H2,1-7H3,(H,50,51,54,55)/t40-,41+,42-,45-,62?/m1/s1. The molecule has 0 aliphatic carbocycles. The second kappa shape index (κ2) is 21.0. The molecule has 2 heterocycles. The molecule has 13 nitrogen and oxygen atoms in total. The second-order valence-corrected chi connectivity index (χ2v) is 16.7. The number of anilines is 1. The number of hydrogen-bond acceptors (Lipinski definition) is 11. The smallest absolute Gasteiger partial charge is 0.351 e. The molecule has 0 bridgehead atoms. The zero-order valence-corrected chi connectivity index (χ0v) is 36.8. The minimum atomic E-state index is -1.97. The van der Waals surface area contributed by atoms with Gasteiger partial charge in [0.2, 0.25) is 0 Å². The van der Waals surface area contributed by atoms with E-state index < -0.39 is 50.3 Å². The van der Waals surface area contributed by atoms with E-state index >= 15 is 4.39 Å². The molecule has 1 aliphatic rings. The number of hydrogen-bond donors (Lipinski definition) is 1. The molecule has 5 aromatic rings. The first-order valence-corrected chi connectivity index (χ1v) is 21.5. The third-order valence-electron chi connectivity index (χ3n) is 10.4. The maximum Gasteiger partial charge on any atom is 0.351 e. The van der Waals surface area contributed by atoms with Crippen LogP contribution < -0.4 is 20.5 Å². The van der Waals surface area contributed by atoms with E-state index in [9.17, 15) is 14.9 Å². The van der Waals surface area contributed by atoms with Crippen LogP contribution in [0, 0.1) is 18.3 Å². The molecule has 1 unspecified atom stereocenters. The van der Waals surface area contributed by atoms with Crippen LogP contribution in [-0.2, 0) is 24.1 Å². The molecular formula is C47H53FN5O8P. The Morgan fingerprint density at radius 2 is 1.44 bits per heavy atom. The van der Waals surface area contributed by atoms with Crippen molar-refractivity contribution in [2.45, 2.75) is 83.3 Å². The highest BCUT2D eigenvalue weighted by molar-refractivity contribution is 7.44. The molecule has 1 aromatic heterocycles. The van der Waals surface area contributed by atoms with E-state index in [1.807, 2.05) is 107 Å². The molecule has 1 N–H and O–H groups in total. The van der Waals surface area contributed by atoms with Gasteiger partial charge in [-0.15, -0.1) is 0 Å². The minimum Gasteiger partial charge on any atom is -0.497 e. The van der Waals surface area contributed by atoms with E-state index in [-0.39, 0.29) is 37.5 Å². The van der Waals surface area contributed by atoms with Gasteiger partial charge in [-0.3, -0.25) is 9.36 Å². The summed E-state index contributed by atoms with van der Waals surface area (Å²) >= 11 is 0. The Bertz CT molecular complexity index is 2270. The highest BCUT2D eigenvalue weighted by Crippen LogP contribution is 2.49. The molecule has 0 saturated carbocycles. The number of nitriles is 1. The van der Waals surface area contributed by atoms with Crippen molar-refractivity contribution in [2.75, 3.05) is 32.8 Å². The zero-order valence-electron chi connectivity index (χ0n) is 35.9. The van der Waals surface area contributed by atoms with Gasteiger partial charge in [0.25, 0.3) is 14.4 Å². The number of carbonyl (C=O) groups is 1. The lowest BCUT2D eigenvalue weighted by Crippen LogP contribution is -2.44. The molecule has 1 fully saturated rings. The molecule has 326 valence electrons. The van der Waals surface area contributed by atoms with Gasteiger partial charge in [-0.05, 0) is 87.7 Å². The zero-order chi connectivity index (χ0) is 44.4. The number of alkyl halides is 1. The largest absolute Gasteiger partial charge is 0.497 e. The number of halogens is 1. The first-order valence-electron chi connectivity index (χ1n) is 20.4. The topological polar surface area (TPSA) is 146 Å². The van der Waals surface area contributed by atoms with Crippen molar-refractivity contribution in [3.63, 3.8) is 0 Å². The van der Waals surface area contributed by atoms with Crippen LogP contribution in [0.2, 0.25) is 0 Å². The first kappa shape index (κ1) is 46.0. The van der Waals surface area contributed by atoms with Crippen LogP contribution in [0.3, 0.4) is 0 Å². The van der Waals surface area contributed by atoms with Gasteiger partial charge in [-0.25, -0.2) is 13.9 Å². The summed E-state index contributed by atoms with van der Waals surface area (Å²) < 4.78 is 58.7. The van der Waals surface area contributed by atoms with Gasteiger partial charge in [-0.1, -0.05) is 72.8 Å². The molecular weight excluding hydrogens is 813 g/mol. The second-order valence-electron chi connectivity index (χ2n) is 15.2. The van der Waals surface area contributed by atoms with Crippen LogP contribution in [0.25, 0.3) is 0 Å². The van der Waals surface area contributed by atoms with Crippen molar-refractivity contribution in [1.82, 2.24) is 14.2 Å². The van der Waals surface area contributed by atoms with Crippen molar-refractivity contribution >= 4 is 20.3 Å². The van der Waals surface area contributed by atoms with Crippen LogP contribution in [0.4, 0.5) is 10.2 Å². The molecule has 5 atom stereocenters. The fourth-order valence-corrected chi connectivity index (χ4v) is 9.14. The summed E-state index contributed by atoms with van der Waals surface area (Å²) in [7, 11) is 1.38. The fourth-order valence-electron chi connectivity index (χ4n) is 7.52. The Morgan fingerprint density at radius 3 is 1.97 bits per heavy atom. The Balaban J connectivity index is 1.47. The van der Waals surface area contributed by atoms with Crippen LogP contribution in [0.15, 0.2) is 120 Å². The molecule has 1 saturated heterocycles. The van der Waals surface area contributed by atoms with Gasteiger partial charge in [0.15, 0.2) is 12.4 Å². The lowest BCUT2D eigenvalue weighted by molar-refractivity contribution is -0.103. The van der Waals surface area contributed by atoms with Gasteiger partial charge >= 0.3 is 5.69 Å². The summed E-state index contributed by atoms with van der Waals surface area (Å²) in [5.74, 6) is 0.800. The number of methoxy groups -OCH3 is 2. The molecule has 1 amide bonds. The molecule has 6 rings (SSSR count). The maximum absolute atomic E-state index is 17.9. The highest BCUT2D eigenvalue weighted by Gasteiger charge is 2.53. The molecule has 62 heavy (non-hydrogen) atoms. The van der Waals surface area contributed by atoms with E-state index in [1.54, 1.807) is 51.5 Å². The number of amides is 1. The Morgan fingerprint density at radius 1 is 0.887 bits per heavy atom. The highest BCUT2D eigenvalue weighted by atomic mass is 31.2. The molecule has 15 heteroatoms. The maximum atomic E-state index is 17.9. The van der Waals surface area contributed by atoms with E-state index in [0.29, 0.717) is 39.3 Å². The Hall–Kier alpha value is -5.52. The van der Waals surface area contributed by atoms with Gasteiger partial charge in [0.1, 0.15) is 35.1 Å². The van der Waals surface area contributed by atoms with Crippen molar-refractivity contribution in [3.8, 4) is 17.6 Å². The summed E-state index contributed by atoms with van der Waals surface area (Å²) in [5, 5.41) is 12.0. The molecule has 4 aromatic carbocycles. The van der Waals surface area contributed by atoms with Gasteiger partial charge in [-0.2, -0.15) is 10.2 Å². The molecule has 0 spiro atoms. The summed E-state index contributed by atoms with van der Waals surface area (Å²) in [6.45, 7) is 9.64. The number of carbonyl (C=O) groups excluding carboxylic acids is 1. The monoisotopic (exact) mass is 865 g/mol. The average Bonchev–Trinajstić information content (AvgIpc) is 3.59. The van der Waals surface area contributed by atoms with E-state index in [4.69, 9.17) is 28.0 Å². The summed E-state index contributed by atoms with van der Waals surface area (Å²) in [4.78, 5) is 31.1. The van der Waals surface area contributed by atoms with Crippen LogP contribution in [0.5, 0.6) is 11.5 Å². The van der Waals surface area contributed by atoms with Gasteiger partial charge < -0.3 is 33.3 Å². The normalized spacial score (nSPS) is 18.2. The summed E-state index contributed by atoms with van der Waals surface area (Å²) in [6, 6.07) is 34.8. The third kappa shape index (κ3) is 10.2. The number of benzene rings is 4. The van der Waals surface area contributed by atoms with Gasteiger partial charge in [0, 0.05) is 29.4 Å². The van der Waals surface area contributed by atoms with Crippen LogP contribution in [-0.4, -0.2) is 78.0 Å². The first-order chi connectivity index (χ1) is 29.9. The predicted molar refractivity (Wildman–Crippen MR) is 235 cm³/mol. The minimum absolute atomic E-state index is 0.00851.